The molecule has 1 aromatic heterocycles. The number of aromatic nitrogens is 2. The molecule has 1 aromatic rings. The van der Waals surface area contributed by atoms with Crippen molar-refractivity contribution in [3.63, 3.8) is 0 Å². The third-order valence-corrected chi connectivity index (χ3v) is 3.02. The van der Waals surface area contributed by atoms with Crippen LogP contribution in [0.4, 0.5) is 0 Å². The maximum Gasteiger partial charge on any atom is 0.240 e. The number of carbonyl (C=O) groups is 1. The summed E-state index contributed by atoms with van der Waals surface area (Å²) in [7, 11) is 0. The van der Waals surface area contributed by atoms with Crippen molar-refractivity contribution in [3.05, 3.63) is 23.8 Å². The number of hydrogen-bond acceptors (Lipinski definition) is 4. The number of aryl methyl sites for hydroxylation is 1. The van der Waals surface area contributed by atoms with Gasteiger partial charge in [0.1, 0.15) is 5.82 Å². The van der Waals surface area contributed by atoms with E-state index in [1.54, 1.807) is 6.20 Å². The largest absolute Gasteiger partial charge is 0.335 e. The zero-order valence-electron chi connectivity index (χ0n) is 11.2. The summed E-state index contributed by atoms with van der Waals surface area (Å²) >= 11 is 0. The highest BCUT2D eigenvalue weighted by atomic mass is 16.2. The van der Waals surface area contributed by atoms with E-state index in [1.807, 2.05) is 17.9 Å². The molecule has 5 heteroatoms. The predicted molar refractivity (Wildman–Crippen MR) is 68.9 cm³/mol. The molecule has 0 spiro atoms. The van der Waals surface area contributed by atoms with Crippen LogP contribution in [0.5, 0.6) is 0 Å². The van der Waals surface area contributed by atoms with E-state index in [1.165, 1.54) is 0 Å². The number of nitrogens with zero attached hydrogens (tertiary/aromatic N) is 3. The highest BCUT2D eigenvalue weighted by Gasteiger charge is 2.31. The number of carbonyl (C=O) groups excluding carboxylic acids is 1. The molecular weight excluding hydrogens is 228 g/mol. The van der Waals surface area contributed by atoms with Gasteiger partial charge in [0.15, 0.2) is 0 Å². The molecule has 0 aromatic carbocycles. The zero-order valence-corrected chi connectivity index (χ0v) is 11.2. The van der Waals surface area contributed by atoms with Crippen LogP contribution in [-0.4, -0.2) is 39.4 Å². The summed E-state index contributed by atoms with van der Waals surface area (Å²) in [6.07, 6.45) is 2.61. The minimum atomic E-state index is -0.0343. The van der Waals surface area contributed by atoms with Crippen LogP contribution in [0.2, 0.25) is 0 Å². The number of likely N-dealkylation sites (tertiary alicyclic amines) is 1. The standard InChI is InChI=1S/C13H20N4O/c1-9(2)15-12-5-7-17(13(12)18)8-11-4-6-14-10(3)16-11/h4,6,9,12,15H,5,7-8H2,1-3H3. The van der Waals surface area contributed by atoms with Gasteiger partial charge >= 0.3 is 0 Å². The molecule has 1 unspecified atom stereocenters. The molecule has 1 aliphatic rings. The van der Waals surface area contributed by atoms with E-state index in [-0.39, 0.29) is 11.9 Å². The third kappa shape index (κ3) is 3.04. The lowest BCUT2D eigenvalue weighted by molar-refractivity contribution is -0.130. The van der Waals surface area contributed by atoms with Crippen LogP contribution in [0.3, 0.4) is 0 Å². The van der Waals surface area contributed by atoms with Crippen LogP contribution in [0.1, 0.15) is 31.8 Å². The van der Waals surface area contributed by atoms with Crippen LogP contribution in [0.25, 0.3) is 0 Å². The first-order chi connectivity index (χ1) is 8.56. The summed E-state index contributed by atoms with van der Waals surface area (Å²) in [6.45, 7) is 7.36. The molecule has 2 heterocycles. The number of nitrogens with one attached hydrogen (secondary N) is 1. The lowest BCUT2D eigenvalue weighted by Gasteiger charge is -2.18. The molecule has 1 saturated heterocycles. The van der Waals surface area contributed by atoms with Crippen molar-refractivity contribution in [3.8, 4) is 0 Å². The number of amides is 1. The monoisotopic (exact) mass is 248 g/mol. The molecule has 0 saturated carbocycles. The van der Waals surface area contributed by atoms with Gasteiger partial charge in [0.2, 0.25) is 5.91 Å². The van der Waals surface area contributed by atoms with Crippen molar-refractivity contribution in [2.45, 2.75) is 45.8 Å². The van der Waals surface area contributed by atoms with E-state index in [4.69, 9.17) is 0 Å². The average Bonchev–Trinajstić information content (AvgIpc) is 2.61. The van der Waals surface area contributed by atoms with E-state index in [0.717, 1.165) is 24.5 Å². The molecule has 1 amide bonds. The second-order valence-electron chi connectivity index (χ2n) is 5.02. The highest BCUT2D eigenvalue weighted by molar-refractivity contribution is 5.83. The molecule has 0 bridgehead atoms. The fourth-order valence-corrected chi connectivity index (χ4v) is 2.24. The van der Waals surface area contributed by atoms with Crippen molar-refractivity contribution >= 4 is 5.91 Å². The Morgan fingerprint density at radius 2 is 2.33 bits per heavy atom. The normalized spacial score (nSPS) is 19.9. The number of rotatable bonds is 4. The minimum Gasteiger partial charge on any atom is -0.335 e. The number of hydrogen-bond donors (Lipinski definition) is 1. The molecule has 1 atom stereocenters. The Kier molecular flexibility index (Phi) is 3.91. The molecular formula is C13H20N4O. The molecule has 2 rings (SSSR count). The Hall–Kier alpha value is -1.49. The van der Waals surface area contributed by atoms with Gasteiger partial charge in [-0.05, 0) is 19.4 Å². The van der Waals surface area contributed by atoms with E-state index < -0.39 is 0 Å². The first-order valence-electron chi connectivity index (χ1n) is 6.39. The fourth-order valence-electron chi connectivity index (χ4n) is 2.24. The lowest BCUT2D eigenvalue weighted by atomic mass is 10.2. The second kappa shape index (κ2) is 5.44. The fraction of sp³-hybridized carbons (Fsp3) is 0.615. The Bertz CT molecular complexity index is 433. The van der Waals surface area contributed by atoms with Crippen molar-refractivity contribution in [1.82, 2.24) is 20.2 Å². The lowest BCUT2D eigenvalue weighted by Crippen LogP contribution is -2.41. The first-order valence-corrected chi connectivity index (χ1v) is 6.39. The van der Waals surface area contributed by atoms with E-state index in [9.17, 15) is 4.79 Å². The molecule has 0 aliphatic carbocycles. The molecule has 98 valence electrons. The Balaban J connectivity index is 1.97. The van der Waals surface area contributed by atoms with Crippen molar-refractivity contribution in [1.29, 1.82) is 0 Å². The zero-order chi connectivity index (χ0) is 13.1. The quantitative estimate of drug-likeness (QED) is 0.859. The van der Waals surface area contributed by atoms with Crippen LogP contribution in [-0.2, 0) is 11.3 Å². The minimum absolute atomic E-state index is 0.0343. The second-order valence-corrected chi connectivity index (χ2v) is 5.02. The van der Waals surface area contributed by atoms with Gasteiger partial charge in [-0.3, -0.25) is 4.79 Å². The summed E-state index contributed by atoms with van der Waals surface area (Å²) in [5.41, 5.74) is 0.904. The molecule has 1 fully saturated rings. The van der Waals surface area contributed by atoms with Crippen LogP contribution in [0.15, 0.2) is 12.3 Å². The van der Waals surface area contributed by atoms with Gasteiger partial charge in [-0.15, -0.1) is 0 Å². The Morgan fingerprint density at radius 1 is 1.56 bits per heavy atom. The maximum absolute atomic E-state index is 12.2. The van der Waals surface area contributed by atoms with Gasteiger partial charge < -0.3 is 10.2 Å². The van der Waals surface area contributed by atoms with Gasteiger partial charge in [-0.1, -0.05) is 13.8 Å². The van der Waals surface area contributed by atoms with Gasteiger partial charge in [0, 0.05) is 18.8 Å². The molecule has 5 nitrogen and oxygen atoms in total. The molecule has 18 heavy (non-hydrogen) atoms. The van der Waals surface area contributed by atoms with Crippen LogP contribution >= 0.6 is 0 Å². The first kappa shape index (κ1) is 13.0. The maximum atomic E-state index is 12.2. The topological polar surface area (TPSA) is 58.1 Å². The Morgan fingerprint density at radius 3 is 3.00 bits per heavy atom. The van der Waals surface area contributed by atoms with E-state index in [2.05, 4.69) is 29.1 Å². The SMILES string of the molecule is Cc1nccc(CN2CCC(NC(C)C)C2=O)n1. The molecule has 1 aliphatic heterocycles. The summed E-state index contributed by atoms with van der Waals surface area (Å²) in [6, 6.07) is 2.16. The summed E-state index contributed by atoms with van der Waals surface area (Å²) in [5, 5.41) is 3.29. The van der Waals surface area contributed by atoms with Gasteiger partial charge in [-0.2, -0.15) is 0 Å². The molecule has 0 radical (unpaired) electrons. The van der Waals surface area contributed by atoms with Crippen molar-refractivity contribution in [2.24, 2.45) is 0 Å². The highest BCUT2D eigenvalue weighted by Crippen LogP contribution is 2.14. The Labute approximate surface area is 108 Å². The van der Waals surface area contributed by atoms with Crippen LogP contribution < -0.4 is 5.32 Å². The van der Waals surface area contributed by atoms with Gasteiger partial charge in [0.05, 0.1) is 18.3 Å². The van der Waals surface area contributed by atoms with Crippen LogP contribution in [0, 0.1) is 6.92 Å². The van der Waals surface area contributed by atoms with Crippen molar-refractivity contribution < 1.29 is 4.79 Å². The summed E-state index contributed by atoms with van der Waals surface area (Å²) < 4.78 is 0. The third-order valence-electron chi connectivity index (χ3n) is 3.02. The summed E-state index contributed by atoms with van der Waals surface area (Å²) in [4.78, 5) is 22.4. The summed E-state index contributed by atoms with van der Waals surface area (Å²) in [5.74, 6) is 0.927. The smallest absolute Gasteiger partial charge is 0.240 e. The average molecular weight is 248 g/mol. The van der Waals surface area contributed by atoms with E-state index >= 15 is 0 Å². The van der Waals surface area contributed by atoms with E-state index in [0.29, 0.717) is 12.6 Å². The van der Waals surface area contributed by atoms with Gasteiger partial charge in [-0.25, -0.2) is 9.97 Å². The predicted octanol–water partition coefficient (Wildman–Crippen LogP) is 0.884. The van der Waals surface area contributed by atoms with Crippen molar-refractivity contribution in [2.75, 3.05) is 6.54 Å². The van der Waals surface area contributed by atoms with Gasteiger partial charge in [0.25, 0.3) is 0 Å². The molecule has 1 N–H and O–H groups in total.